The number of rotatable bonds is 3. The first kappa shape index (κ1) is 12.4. The Kier molecular flexibility index (Phi) is 4.02. The largest absolute Gasteiger partial charge is 0.496 e. The Morgan fingerprint density at radius 3 is 3.00 bits per heavy atom. The van der Waals surface area contributed by atoms with E-state index >= 15 is 0 Å². The molecule has 1 aromatic rings. The van der Waals surface area contributed by atoms with E-state index < -0.39 is 0 Å². The highest BCUT2D eigenvalue weighted by molar-refractivity contribution is 5.36. The first-order chi connectivity index (χ1) is 8.19. The minimum absolute atomic E-state index is 0.333. The third-order valence-corrected chi connectivity index (χ3v) is 3.37. The highest BCUT2D eigenvalue weighted by Gasteiger charge is 2.17. The van der Waals surface area contributed by atoms with E-state index in [4.69, 9.17) is 10.5 Å². The van der Waals surface area contributed by atoms with E-state index in [1.54, 1.807) is 7.11 Å². The molecule has 1 aliphatic rings. The number of hydrogen-bond acceptors (Lipinski definition) is 3. The molecule has 1 aromatic carbocycles. The molecule has 94 valence electrons. The van der Waals surface area contributed by atoms with Crippen LogP contribution < -0.4 is 10.5 Å². The van der Waals surface area contributed by atoms with Crippen LogP contribution in [0, 0.1) is 6.92 Å². The number of piperidine rings is 1. The topological polar surface area (TPSA) is 38.5 Å². The molecule has 0 aromatic heterocycles. The monoisotopic (exact) mass is 234 g/mol. The summed E-state index contributed by atoms with van der Waals surface area (Å²) in [5.74, 6) is 0.981. The minimum atomic E-state index is 0.333. The summed E-state index contributed by atoms with van der Waals surface area (Å²) < 4.78 is 5.41. The van der Waals surface area contributed by atoms with E-state index in [1.807, 2.05) is 0 Å². The van der Waals surface area contributed by atoms with Gasteiger partial charge in [0.25, 0.3) is 0 Å². The first-order valence-electron chi connectivity index (χ1n) is 6.30. The molecule has 0 amide bonds. The third-order valence-electron chi connectivity index (χ3n) is 3.37. The molecular formula is C14H22N2O. The molecule has 17 heavy (non-hydrogen) atoms. The fraction of sp³-hybridized carbons (Fsp3) is 0.571. The highest BCUT2D eigenvalue weighted by atomic mass is 16.5. The molecule has 1 heterocycles. The molecule has 0 bridgehead atoms. The lowest BCUT2D eigenvalue weighted by Gasteiger charge is -2.31. The molecule has 0 unspecified atom stereocenters. The van der Waals surface area contributed by atoms with Gasteiger partial charge in [0.1, 0.15) is 5.75 Å². The summed E-state index contributed by atoms with van der Waals surface area (Å²) >= 11 is 0. The zero-order valence-electron chi connectivity index (χ0n) is 10.8. The number of hydrogen-bond donors (Lipinski definition) is 1. The Balaban J connectivity index is 2.08. The summed E-state index contributed by atoms with van der Waals surface area (Å²) in [6, 6.07) is 6.68. The van der Waals surface area contributed by atoms with Crippen molar-refractivity contribution >= 4 is 0 Å². The predicted molar refractivity (Wildman–Crippen MR) is 70.2 cm³/mol. The van der Waals surface area contributed by atoms with Gasteiger partial charge in [-0.25, -0.2) is 0 Å². The van der Waals surface area contributed by atoms with Gasteiger partial charge in [0.2, 0.25) is 0 Å². The number of aryl methyl sites for hydroxylation is 1. The Morgan fingerprint density at radius 1 is 1.47 bits per heavy atom. The van der Waals surface area contributed by atoms with Crippen LogP contribution in [0.15, 0.2) is 18.2 Å². The van der Waals surface area contributed by atoms with Crippen molar-refractivity contribution in [2.45, 2.75) is 32.4 Å². The number of likely N-dealkylation sites (tertiary alicyclic amines) is 1. The maximum atomic E-state index is 6.01. The fourth-order valence-electron chi connectivity index (χ4n) is 2.51. The van der Waals surface area contributed by atoms with E-state index in [0.29, 0.717) is 6.04 Å². The Labute approximate surface area is 104 Å². The minimum Gasteiger partial charge on any atom is -0.496 e. The zero-order valence-corrected chi connectivity index (χ0v) is 10.8. The van der Waals surface area contributed by atoms with Crippen LogP contribution in [0.5, 0.6) is 5.75 Å². The van der Waals surface area contributed by atoms with E-state index in [2.05, 4.69) is 30.0 Å². The van der Waals surface area contributed by atoms with Crippen LogP contribution in [0.2, 0.25) is 0 Å². The van der Waals surface area contributed by atoms with Gasteiger partial charge in [-0.1, -0.05) is 17.7 Å². The lowest BCUT2D eigenvalue weighted by molar-refractivity contribution is 0.199. The summed E-state index contributed by atoms with van der Waals surface area (Å²) in [5, 5.41) is 0. The SMILES string of the molecule is COc1ccc(C)cc1CN1CCC[C@@H](N)C1. The second-order valence-electron chi connectivity index (χ2n) is 4.95. The quantitative estimate of drug-likeness (QED) is 0.868. The zero-order chi connectivity index (χ0) is 12.3. The highest BCUT2D eigenvalue weighted by Crippen LogP contribution is 2.22. The number of nitrogens with two attached hydrogens (primary N) is 1. The van der Waals surface area contributed by atoms with Crippen molar-refractivity contribution in [1.29, 1.82) is 0 Å². The van der Waals surface area contributed by atoms with Crippen molar-refractivity contribution in [2.24, 2.45) is 5.73 Å². The van der Waals surface area contributed by atoms with Crippen molar-refractivity contribution in [2.75, 3.05) is 20.2 Å². The van der Waals surface area contributed by atoms with Crippen molar-refractivity contribution in [3.63, 3.8) is 0 Å². The second kappa shape index (κ2) is 5.52. The molecule has 0 aliphatic carbocycles. The van der Waals surface area contributed by atoms with Gasteiger partial charge in [0, 0.05) is 24.7 Å². The van der Waals surface area contributed by atoms with Crippen LogP contribution in [0.4, 0.5) is 0 Å². The van der Waals surface area contributed by atoms with E-state index in [0.717, 1.165) is 31.8 Å². The van der Waals surface area contributed by atoms with Crippen molar-refractivity contribution < 1.29 is 4.74 Å². The fourth-order valence-corrected chi connectivity index (χ4v) is 2.51. The molecule has 2 N–H and O–H groups in total. The Hall–Kier alpha value is -1.06. The van der Waals surface area contributed by atoms with Crippen LogP contribution >= 0.6 is 0 Å². The molecule has 1 atom stereocenters. The lowest BCUT2D eigenvalue weighted by atomic mass is 10.0. The van der Waals surface area contributed by atoms with Gasteiger partial charge >= 0.3 is 0 Å². The van der Waals surface area contributed by atoms with Crippen molar-refractivity contribution in [3.05, 3.63) is 29.3 Å². The standard InChI is InChI=1S/C14H22N2O/c1-11-5-6-14(17-2)12(8-11)9-16-7-3-4-13(15)10-16/h5-6,8,13H,3-4,7,9-10,15H2,1-2H3/t13-/m1/s1. The molecule has 1 saturated heterocycles. The van der Waals surface area contributed by atoms with E-state index in [9.17, 15) is 0 Å². The molecule has 2 rings (SSSR count). The van der Waals surface area contributed by atoms with Gasteiger partial charge in [-0.3, -0.25) is 4.90 Å². The third kappa shape index (κ3) is 3.20. The maximum absolute atomic E-state index is 6.01. The Morgan fingerprint density at radius 2 is 2.29 bits per heavy atom. The number of benzene rings is 1. The lowest BCUT2D eigenvalue weighted by Crippen LogP contribution is -2.42. The van der Waals surface area contributed by atoms with E-state index in [-0.39, 0.29) is 0 Å². The molecule has 1 aliphatic heterocycles. The van der Waals surface area contributed by atoms with Gasteiger partial charge in [-0.15, -0.1) is 0 Å². The van der Waals surface area contributed by atoms with Crippen LogP contribution in [-0.2, 0) is 6.54 Å². The maximum Gasteiger partial charge on any atom is 0.123 e. The van der Waals surface area contributed by atoms with Gasteiger partial charge in [-0.2, -0.15) is 0 Å². The smallest absolute Gasteiger partial charge is 0.123 e. The van der Waals surface area contributed by atoms with Gasteiger partial charge < -0.3 is 10.5 Å². The normalized spacial score (nSPS) is 21.5. The summed E-state index contributed by atoms with van der Waals surface area (Å²) in [4.78, 5) is 2.42. The summed E-state index contributed by atoms with van der Waals surface area (Å²) in [5.41, 5.74) is 8.55. The molecule has 0 spiro atoms. The average molecular weight is 234 g/mol. The summed E-state index contributed by atoms with van der Waals surface area (Å²) in [6.07, 6.45) is 2.36. The Bertz CT molecular complexity index is 378. The number of methoxy groups -OCH3 is 1. The van der Waals surface area contributed by atoms with Crippen LogP contribution in [0.25, 0.3) is 0 Å². The van der Waals surface area contributed by atoms with Gasteiger partial charge in [0.05, 0.1) is 7.11 Å². The first-order valence-corrected chi connectivity index (χ1v) is 6.30. The van der Waals surface area contributed by atoms with Crippen LogP contribution in [0.1, 0.15) is 24.0 Å². The van der Waals surface area contributed by atoms with Gasteiger partial charge in [0.15, 0.2) is 0 Å². The van der Waals surface area contributed by atoms with Crippen molar-refractivity contribution in [3.8, 4) is 5.75 Å². The number of nitrogens with zero attached hydrogens (tertiary/aromatic N) is 1. The molecule has 3 heteroatoms. The molecule has 1 fully saturated rings. The number of ether oxygens (including phenoxy) is 1. The average Bonchev–Trinajstić information content (AvgIpc) is 2.29. The summed E-state index contributed by atoms with van der Waals surface area (Å²) in [6.45, 7) is 5.20. The molecule has 3 nitrogen and oxygen atoms in total. The van der Waals surface area contributed by atoms with Crippen molar-refractivity contribution in [1.82, 2.24) is 4.90 Å². The molecular weight excluding hydrogens is 212 g/mol. The predicted octanol–water partition coefficient (Wildman–Crippen LogP) is 1.93. The van der Waals surface area contributed by atoms with Crippen LogP contribution in [0.3, 0.4) is 0 Å². The second-order valence-corrected chi connectivity index (χ2v) is 4.95. The molecule has 0 radical (unpaired) electrons. The van der Waals surface area contributed by atoms with E-state index in [1.165, 1.54) is 17.5 Å². The molecule has 0 saturated carbocycles. The summed E-state index contributed by atoms with van der Waals surface area (Å²) in [7, 11) is 1.73. The van der Waals surface area contributed by atoms with Gasteiger partial charge in [-0.05, 0) is 32.4 Å². The van der Waals surface area contributed by atoms with Crippen LogP contribution in [-0.4, -0.2) is 31.1 Å².